The van der Waals surface area contributed by atoms with Gasteiger partial charge in [-0.05, 0) is 36.4 Å². The third-order valence-electron chi connectivity index (χ3n) is 3.80. The lowest BCUT2D eigenvalue weighted by Gasteiger charge is -2.04. The second-order valence-corrected chi connectivity index (χ2v) is 5.16. The topological polar surface area (TPSA) is 111 Å². The summed E-state index contributed by atoms with van der Waals surface area (Å²) in [5.74, 6) is 1.01. The smallest absolute Gasteiger partial charge is 0.176 e. The zero-order valence-corrected chi connectivity index (χ0v) is 12.7. The standard InChI is InChI=1S/C16H14N6O2/c1-24-10-4-2-9(3-5-10)18-16(22-23)15-11-6-7-13-12(8-17-19-13)14(11)20-21-15/h2-8,23H,1H3,(H,17,19)(H,18,22)(H,20,21). The van der Waals surface area contributed by atoms with E-state index in [1.807, 2.05) is 12.1 Å². The van der Waals surface area contributed by atoms with E-state index in [2.05, 4.69) is 30.9 Å². The van der Waals surface area contributed by atoms with E-state index in [-0.39, 0.29) is 5.84 Å². The highest BCUT2D eigenvalue weighted by molar-refractivity contribution is 6.13. The summed E-state index contributed by atoms with van der Waals surface area (Å²) in [6.07, 6.45) is 1.72. The Balaban J connectivity index is 1.82. The lowest BCUT2D eigenvalue weighted by molar-refractivity contribution is 0.235. The molecule has 0 spiro atoms. The molecule has 8 heteroatoms. The Labute approximate surface area is 136 Å². The number of fused-ring (bicyclic) bond motifs is 3. The van der Waals surface area contributed by atoms with Crippen LogP contribution >= 0.6 is 0 Å². The van der Waals surface area contributed by atoms with Crippen LogP contribution in [0.3, 0.4) is 0 Å². The highest BCUT2D eigenvalue weighted by Gasteiger charge is 2.14. The fourth-order valence-corrected chi connectivity index (χ4v) is 2.60. The van der Waals surface area contributed by atoms with Crippen molar-refractivity contribution >= 4 is 33.3 Å². The van der Waals surface area contributed by atoms with Crippen molar-refractivity contribution in [3.63, 3.8) is 0 Å². The third kappa shape index (κ3) is 2.25. The lowest BCUT2D eigenvalue weighted by atomic mass is 10.1. The Bertz CT molecular complexity index is 1030. The Morgan fingerprint density at radius 3 is 2.71 bits per heavy atom. The number of benzene rings is 2. The Kier molecular flexibility index (Phi) is 3.36. The van der Waals surface area contributed by atoms with Crippen molar-refractivity contribution in [1.29, 1.82) is 0 Å². The maximum absolute atomic E-state index is 9.52. The van der Waals surface area contributed by atoms with Crippen molar-refractivity contribution < 1.29 is 9.94 Å². The number of hydrogen-bond acceptors (Lipinski definition) is 5. The van der Waals surface area contributed by atoms with E-state index in [4.69, 9.17) is 4.74 Å². The normalized spacial score (nSPS) is 12.0. The van der Waals surface area contributed by atoms with Gasteiger partial charge >= 0.3 is 0 Å². The van der Waals surface area contributed by atoms with Gasteiger partial charge in [0.05, 0.1) is 24.5 Å². The number of hydroxylamine groups is 1. The molecule has 0 bridgehead atoms. The Morgan fingerprint density at radius 1 is 1.12 bits per heavy atom. The van der Waals surface area contributed by atoms with Crippen LogP contribution in [0.2, 0.25) is 0 Å². The summed E-state index contributed by atoms with van der Waals surface area (Å²) < 4.78 is 5.13. The average molecular weight is 322 g/mol. The first-order valence-corrected chi connectivity index (χ1v) is 7.23. The number of nitrogens with one attached hydrogen (secondary N) is 3. The van der Waals surface area contributed by atoms with Crippen molar-refractivity contribution in [2.45, 2.75) is 0 Å². The average Bonchev–Trinajstić information content (AvgIpc) is 3.26. The van der Waals surface area contributed by atoms with Gasteiger partial charge in [-0.3, -0.25) is 20.9 Å². The number of aliphatic imine (C=N–C) groups is 1. The first-order valence-electron chi connectivity index (χ1n) is 7.23. The van der Waals surface area contributed by atoms with Gasteiger partial charge in [0.15, 0.2) is 5.84 Å². The number of aromatic amines is 2. The second-order valence-electron chi connectivity index (χ2n) is 5.16. The van der Waals surface area contributed by atoms with E-state index < -0.39 is 0 Å². The summed E-state index contributed by atoms with van der Waals surface area (Å²) in [5, 5.41) is 25.4. The van der Waals surface area contributed by atoms with Gasteiger partial charge in [0.2, 0.25) is 0 Å². The summed E-state index contributed by atoms with van der Waals surface area (Å²) in [4.78, 5) is 4.42. The Hall–Kier alpha value is -3.39. The van der Waals surface area contributed by atoms with Crippen LogP contribution < -0.4 is 10.2 Å². The molecular formula is C16H14N6O2. The van der Waals surface area contributed by atoms with E-state index in [1.165, 1.54) is 0 Å². The number of aromatic nitrogens is 4. The molecule has 0 saturated heterocycles. The molecule has 0 saturated carbocycles. The van der Waals surface area contributed by atoms with E-state index in [0.29, 0.717) is 11.4 Å². The quantitative estimate of drug-likeness (QED) is 0.263. The number of methoxy groups -OCH3 is 1. The zero-order valence-electron chi connectivity index (χ0n) is 12.7. The van der Waals surface area contributed by atoms with Gasteiger partial charge in [0, 0.05) is 10.8 Å². The number of rotatable bonds is 3. The van der Waals surface area contributed by atoms with Crippen molar-refractivity contribution in [3.05, 3.63) is 48.3 Å². The highest BCUT2D eigenvalue weighted by Crippen LogP contribution is 2.25. The molecule has 0 amide bonds. The molecule has 120 valence electrons. The van der Waals surface area contributed by atoms with Crippen LogP contribution in [0.15, 0.2) is 47.6 Å². The summed E-state index contributed by atoms with van der Waals surface area (Å²) in [5.41, 5.74) is 5.05. The first kappa shape index (κ1) is 14.2. The van der Waals surface area contributed by atoms with Crippen molar-refractivity contribution in [3.8, 4) is 5.75 Å². The molecule has 4 rings (SSSR count). The molecule has 0 aliphatic rings. The first-order chi connectivity index (χ1) is 11.8. The van der Waals surface area contributed by atoms with E-state index >= 15 is 0 Å². The van der Waals surface area contributed by atoms with Crippen molar-refractivity contribution in [1.82, 2.24) is 25.9 Å². The molecule has 24 heavy (non-hydrogen) atoms. The number of hydrogen-bond donors (Lipinski definition) is 4. The van der Waals surface area contributed by atoms with E-state index in [0.717, 1.165) is 27.6 Å². The van der Waals surface area contributed by atoms with Crippen LogP contribution in [0.25, 0.3) is 21.8 Å². The molecule has 4 aromatic rings. The zero-order chi connectivity index (χ0) is 16.5. The molecule has 0 unspecified atom stereocenters. The van der Waals surface area contributed by atoms with E-state index in [1.54, 1.807) is 37.6 Å². The Morgan fingerprint density at radius 2 is 1.96 bits per heavy atom. The minimum atomic E-state index is 0.269. The molecule has 4 N–H and O–H groups in total. The van der Waals surface area contributed by atoms with Gasteiger partial charge in [0.1, 0.15) is 17.0 Å². The highest BCUT2D eigenvalue weighted by atomic mass is 16.5. The second kappa shape index (κ2) is 5.67. The number of amidine groups is 1. The lowest BCUT2D eigenvalue weighted by Crippen LogP contribution is -2.20. The maximum atomic E-state index is 9.52. The largest absolute Gasteiger partial charge is 0.497 e. The summed E-state index contributed by atoms with van der Waals surface area (Å²) >= 11 is 0. The SMILES string of the molecule is COc1ccc(N=C(NO)c2[nH]nc3c2ccc2[nH]ncc23)cc1. The minimum absolute atomic E-state index is 0.269. The molecule has 2 aromatic carbocycles. The van der Waals surface area contributed by atoms with Gasteiger partial charge in [-0.1, -0.05) is 0 Å². The van der Waals surface area contributed by atoms with Gasteiger partial charge in [0.25, 0.3) is 0 Å². The van der Waals surface area contributed by atoms with Crippen LogP contribution in [-0.4, -0.2) is 38.5 Å². The summed E-state index contributed by atoms with van der Waals surface area (Å²) in [7, 11) is 1.60. The van der Waals surface area contributed by atoms with Crippen molar-refractivity contribution in [2.75, 3.05) is 7.11 Å². The van der Waals surface area contributed by atoms with Gasteiger partial charge in [-0.2, -0.15) is 10.2 Å². The number of ether oxygens (including phenoxy) is 1. The van der Waals surface area contributed by atoms with Crippen LogP contribution in [0.1, 0.15) is 5.69 Å². The summed E-state index contributed by atoms with van der Waals surface area (Å²) in [6, 6.07) is 11.0. The van der Waals surface area contributed by atoms with E-state index in [9.17, 15) is 5.21 Å². The number of nitrogens with zero attached hydrogens (tertiary/aromatic N) is 3. The molecule has 0 aliphatic carbocycles. The molecule has 0 radical (unpaired) electrons. The van der Waals surface area contributed by atoms with Gasteiger partial charge < -0.3 is 4.74 Å². The van der Waals surface area contributed by atoms with Crippen LogP contribution in [0.5, 0.6) is 5.75 Å². The number of H-pyrrole nitrogens is 2. The molecule has 0 aliphatic heterocycles. The monoisotopic (exact) mass is 322 g/mol. The predicted octanol–water partition coefficient (Wildman–Crippen LogP) is 2.50. The van der Waals surface area contributed by atoms with Crippen LogP contribution in [0, 0.1) is 0 Å². The minimum Gasteiger partial charge on any atom is -0.497 e. The molecule has 2 heterocycles. The van der Waals surface area contributed by atoms with Crippen LogP contribution in [0.4, 0.5) is 5.69 Å². The fraction of sp³-hybridized carbons (Fsp3) is 0.0625. The van der Waals surface area contributed by atoms with Gasteiger partial charge in [-0.15, -0.1) is 0 Å². The maximum Gasteiger partial charge on any atom is 0.176 e. The van der Waals surface area contributed by atoms with Crippen molar-refractivity contribution in [2.24, 2.45) is 4.99 Å². The predicted molar refractivity (Wildman–Crippen MR) is 89.9 cm³/mol. The molecule has 8 nitrogen and oxygen atoms in total. The van der Waals surface area contributed by atoms with Crippen LogP contribution in [-0.2, 0) is 0 Å². The summed E-state index contributed by atoms with van der Waals surface area (Å²) in [6.45, 7) is 0. The molecular weight excluding hydrogens is 308 g/mol. The van der Waals surface area contributed by atoms with Gasteiger partial charge in [-0.25, -0.2) is 4.99 Å². The third-order valence-corrected chi connectivity index (χ3v) is 3.80. The molecule has 0 atom stereocenters. The molecule has 2 aromatic heterocycles. The molecule has 0 fully saturated rings. The fourth-order valence-electron chi connectivity index (χ4n) is 2.60.